The highest BCUT2D eigenvalue weighted by atomic mass is 19.1. The highest BCUT2D eigenvalue weighted by Gasteiger charge is 2.31. The molecule has 4 rings (SSSR count). The molecule has 0 bridgehead atoms. The molecule has 7 heteroatoms. The first-order valence-corrected chi connectivity index (χ1v) is 8.94. The minimum absolute atomic E-state index is 0.0708. The fourth-order valence-corrected chi connectivity index (χ4v) is 3.65. The monoisotopic (exact) mass is 367 g/mol. The number of aliphatic hydroxyl groups is 1. The number of rotatable bonds is 3. The summed E-state index contributed by atoms with van der Waals surface area (Å²) in [5.41, 5.74) is 3.05. The number of aliphatic hydroxyl groups excluding tert-OH is 1. The van der Waals surface area contributed by atoms with E-state index < -0.39 is 0 Å². The Balaban J connectivity index is 1.76. The number of benzene rings is 1. The average Bonchev–Trinajstić information content (AvgIpc) is 2.96. The van der Waals surface area contributed by atoms with Crippen molar-refractivity contribution in [2.75, 3.05) is 11.4 Å². The molecule has 0 unspecified atom stereocenters. The lowest BCUT2D eigenvalue weighted by atomic mass is 9.87. The highest BCUT2D eigenvalue weighted by Crippen LogP contribution is 2.33. The molecule has 0 atom stereocenters. The van der Waals surface area contributed by atoms with Crippen LogP contribution in [0.4, 0.5) is 10.2 Å². The smallest absolute Gasteiger partial charge is 0.148 e. The van der Waals surface area contributed by atoms with Crippen molar-refractivity contribution in [3.63, 3.8) is 0 Å². The van der Waals surface area contributed by atoms with Crippen LogP contribution in [0.25, 0.3) is 5.69 Å². The van der Waals surface area contributed by atoms with Crippen LogP contribution in [-0.2, 0) is 19.6 Å². The number of nitrogens with zero attached hydrogens (tertiary/aromatic N) is 5. The van der Waals surface area contributed by atoms with Crippen LogP contribution in [-0.4, -0.2) is 31.4 Å². The number of hydrogen-bond donors (Lipinski definition) is 1. The van der Waals surface area contributed by atoms with Crippen molar-refractivity contribution in [2.45, 2.75) is 33.4 Å². The van der Waals surface area contributed by atoms with Gasteiger partial charge in [-0.1, -0.05) is 26.0 Å². The SMILES string of the molecule is CC1(C)Cc2c(cnn2-c2ccccc2F)CN(c2cc(CO)ncn2)C1. The number of anilines is 1. The molecule has 0 amide bonds. The quantitative estimate of drug-likeness (QED) is 0.771. The molecule has 0 saturated heterocycles. The Morgan fingerprint density at radius 1 is 1.22 bits per heavy atom. The molecule has 0 aliphatic carbocycles. The largest absolute Gasteiger partial charge is 0.390 e. The van der Waals surface area contributed by atoms with Gasteiger partial charge >= 0.3 is 0 Å². The van der Waals surface area contributed by atoms with Gasteiger partial charge in [0.05, 0.1) is 18.5 Å². The van der Waals surface area contributed by atoms with Gasteiger partial charge in [0.15, 0.2) is 0 Å². The van der Waals surface area contributed by atoms with Gasteiger partial charge < -0.3 is 10.0 Å². The third kappa shape index (κ3) is 3.42. The van der Waals surface area contributed by atoms with Gasteiger partial charge in [0.25, 0.3) is 0 Å². The zero-order valence-electron chi connectivity index (χ0n) is 15.4. The van der Waals surface area contributed by atoms with Crippen LogP contribution in [0.5, 0.6) is 0 Å². The highest BCUT2D eigenvalue weighted by molar-refractivity contribution is 5.44. The van der Waals surface area contributed by atoms with E-state index in [1.807, 2.05) is 18.3 Å². The van der Waals surface area contributed by atoms with Gasteiger partial charge in [-0.25, -0.2) is 19.0 Å². The zero-order chi connectivity index (χ0) is 19.0. The van der Waals surface area contributed by atoms with Crippen molar-refractivity contribution in [3.05, 3.63) is 65.6 Å². The van der Waals surface area contributed by atoms with Crippen molar-refractivity contribution in [3.8, 4) is 5.69 Å². The van der Waals surface area contributed by atoms with Crippen molar-refractivity contribution in [1.29, 1.82) is 0 Å². The van der Waals surface area contributed by atoms with E-state index in [0.717, 1.165) is 30.0 Å². The van der Waals surface area contributed by atoms with Crippen LogP contribution in [0, 0.1) is 11.2 Å². The maximum Gasteiger partial charge on any atom is 0.148 e. The van der Waals surface area contributed by atoms with E-state index in [1.54, 1.807) is 16.8 Å². The molecule has 1 aromatic carbocycles. The van der Waals surface area contributed by atoms with E-state index in [-0.39, 0.29) is 17.8 Å². The molecule has 6 nitrogen and oxygen atoms in total. The predicted octanol–water partition coefficient (Wildman–Crippen LogP) is 2.88. The van der Waals surface area contributed by atoms with E-state index in [9.17, 15) is 9.50 Å². The van der Waals surface area contributed by atoms with E-state index in [0.29, 0.717) is 17.9 Å². The molecule has 0 saturated carbocycles. The van der Waals surface area contributed by atoms with Gasteiger partial charge in [-0.05, 0) is 24.0 Å². The Labute approximate surface area is 157 Å². The normalized spacial score (nSPS) is 16.1. The number of fused-ring (bicyclic) bond motifs is 1. The Hall–Kier alpha value is -2.80. The van der Waals surface area contributed by atoms with Crippen LogP contribution in [0.2, 0.25) is 0 Å². The second-order valence-corrected chi connectivity index (χ2v) is 7.70. The summed E-state index contributed by atoms with van der Waals surface area (Å²) in [6, 6.07) is 8.51. The van der Waals surface area contributed by atoms with Crippen LogP contribution < -0.4 is 4.90 Å². The van der Waals surface area contributed by atoms with Crippen molar-refractivity contribution < 1.29 is 9.50 Å². The lowest BCUT2D eigenvalue weighted by Crippen LogP contribution is -2.33. The molecule has 1 N–H and O–H groups in total. The number of hydrogen-bond acceptors (Lipinski definition) is 5. The third-order valence-corrected chi connectivity index (χ3v) is 4.86. The topological polar surface area (TPSA) is 67.1 Å². The lowest BCUT2D eigenvalue weighted by molar-refractivity contribution is 0.276. The number of halogens is 1. The summed E-state index contributed by atoms with van der Waals surface area (Å²) in [7, 11) is 0. The molecule has 1 aliphatic rings. The molecule has 3 aromatic rings. The summed E-state index contributed by atoms with van der Waals surface area (Å²) in [5, 5.41) is 13.8. The lowest BCUT2D eigenvalue weighted by Gasteiger charge is -2.30. The minimum atomic E-state index is -0.286. The van der Waals surface area contributed by atoms with Crippen LogP contribution in [0.1, 0.15) is 30.8 Å². The van der Waals surface area contributed by atoms with Crippen LogP contribution in [0.15, 0.2) is 42.9 Å². The molecular formula is C20H22FN5O. The Bertz CT molecular complexity index is 969. The second kappa shape index (κ2) is 6.74. The third-order valence-electron chi connectivity index (χ3n) is 4.86. The molecule has 1 aliphatic heterocycles. The summed E-state index contributed by atoms with van der Waals surface area (Å²) in [4.78, 5) is 10.6. The van der Waals surface area contributed by atoms with Gasteiger partial charge in [0, 0.05) is 30.4 Å². The van der Waals surface area contributed by atoms with Gasteiger partial charge in [-0.15, -0.1) is 0 Å². The zero-order valence-corrected chi connectivity index (χ0v) is 15.4. The van der Waals surface area contributed by atoms with Crippen LogP contribution >= 0.6 is 0 Å². The summed E-state index contributed by atoms with van der Waals surface area (Å²) in [6.45, 7) is 5.64. The molecule has 140 valence electrons. The summed E-state index contributed by atoms with van der Waals surface area (Å²) in [6.07, 6.45) is 4.05. The predicted molar refractivity (Wildman–Crippen MR) is 100 cm³/mol. The first kappa shape index (κ1) is 17.6. The van der Waals surface area contributed by atoms with E-state index in [1.165, 1.54) is 12.4 Å². The van der Waals surface area contributed by atoms with Gasteiger partial charge in [0.1, 0.15) is 23.6 Å². The Kier molecular flexibility index (Phi) is 4.39. The molecule has 0 fully saturated rings. The summed E-state index contributed by atoms with van der Waals surface area (Å²) >= 11 is 0. The first-order valence-electron chi connectivity index (χ1n) is 8.94. The fraction of sp³-hybridized carbons (Fsp3) is 0.350. The molecule has 3 heterocycles. The van der Waals surface area contributed by atoms with Gasteiger partial charge in [-0.3, -0.25) is 0 Å². The molecule has 0 radical (unpaired) electrons. The molecular weight excluding hydrogens is 345 g/mol. The Morgan fingerprint density at radius 2 is 2.04 bits per heavy atom. The standard InChI is InChI=1S/C20H22FN5O/c1-20(2)8-18-14(9-24-26(18)17-6-4-3-5-16(17)21)10-25(12-20)19-7-15(11-27)22-13-23-19/h3-7,9,13,27H,8,10-12H2,1-2H3. The van der Waals surface area contributed by atoms with Gasteiger partial charge in [-0.2, -0.15) is 5.10 Å². The fourth-order valence-electron chi connectivity index (χ4n) is 3.65. The minimum Gasteiger partial charge on any atom is -0.390 e. The summed E-state index contributed by atoms with van der Waals surface area (Å²) < 4.78 is 16.0. The second-order valence-electron chi connectivity index (χ2n) is 7.70. The average molecular weight is 367 g/mol. The Morgan fingerprint density at radius 3 is 2.81 bits per heavy atom. The van der Waals surface area contributed by atoms with Crippen molar-refractivity contribution in [1.82, 2.24) is 19.7 Å². The van der Waals surface area contributed by atoms with Gasteiger partial charge in [0.2, 0.25) is 0 Å². The van der Waals surface area contributed by atoms with E-state index in [4.69, 9.17) is 0 Å². The summed E-state index contributed by atoms with van der Waals surface area (Å²) in [5.74, 6) is 0.485. The number of para-hydroxylation sites is 1. The first-order chi connectivity index (χ1) is 13.0. The molecule has 2 aromatic heterocycles. The van der Waals surface area contributed by atoms with E-state index >= 15 is 0 Å². The van der Waals surface area contributed by atoms with Crippen molar-refractivity contribution in [2.24, 2.45) is 5.41 Å². The maximum atomic E-state index is 14.3. The maximum absolute atomic E-state index is 14.3. The number of aromatic nitrogens is 4. The molecule has 0 spiro atoms. The van der Waals surface area contributed by atoms with Crippen molar-refractivity contribution >= 4 is 5.82 Å². The van der Waals surface area contributed by atoms with Crippen LogP contribution in [0.3, 0.4) is 0 Å². The molecule has 27 heavy (non-hydrogen) atoms. The van der Waals surface area contributed by atoms with E-state index in [2.05, 4.69) is 33.8 Å².